The standard InChI is InChI=1S/C17H24FNO3/c1-12-9-14(18)3-4-15(12)16(20)10-19-7-5-17(6-8-19)21-11-13(2)22-17/h3-4,9,13,16,20H,5-8,10-11H2,1-2H3. The number of likely N-dealkylation sites (tertiary alicyclic amines) is 1. The normalized spacial score (nSPS) is 26.5. The number of piperidine rings is 1. The molecule has 2 atom stereocenters. The van der Waals surface area contributed by atoms with Gasteiger partial charge in [0, 0.05) is 32.5 Å². The Morgan fingerprint density at radius 3 is 2.73 bits per heavy atom. The van der Waals surface area contributed by atoms with E-state index in [1.807, 2.05) is 13.8 Å². The average molecular weight is 309 g/mol. The van der Waals surface area contributed by atoms with Crippen molar-refractivity contribution in [3.63, 3.8) is 0 Å². The SMILES string of the molecule is Cc1cc(F)ccc1C(O)CN1CCC2(CC1)OCC(C)O2. The lowest BCUT2D eigenvalue weighted by Gasteiger charge is -2.38. The largest absolute Gasteiger partial charge is 0.387 e. The molecule has 0 aliphatic carbocycles. The Morgan fingerprint density at radius 2 is 2.14 bits per heavy atom. The predicted octanol–water partition coefficient (Wildman–Crippen LogP) is 2.39. The molecule has 1 N–H and O–H groups in total. The fourth-order valence-electron chi connectivity index (χ4n) is 3.40. The molecule has 0 aromatic heterocycles. The average Bonchev–Trinajstić information content (AvgIpc) is 2.83. The second kappa shape index (κ2) is 6.24. The minimum Gasteiger partial charge on any atom is -0.387 e. The van der Waals surface area contributed by atoms with Crippen molar-refractivity contribution in [2.75, 3.05) is 26.2 Å². The fourth-order valence-corrected chi connectivity index (χ4v) is 3.40. The van der Waals surface area contributed by atoms with Crippen molar-refractivity contribution in [3.05, 3.63) is 35.1 Å². The van der Waals surface area contributed by atoms with Gasteiger partial charge in [0.1, 0.15) is 5.82 Å². The Hall–Kier alpha value is -1.01. The van der Waals surface area contributed by atoms with Gasteiger partial charge in [-0.3, -0.25) is 0 Å². The Morgan fingerprint density at radius 1 is 1.41 bits per heavy atom. The van der Waals surface area contributed by atoms with Gasteiger partial charge in [-0.2, -0.15) is 0 Å². The first-order valence-corrected chi connectivity index (χ1v) is 7.96. The van der Waals surface area contributed by atoms with Crippen LogP contribution < -0.4 is 0 Å². The van der Waals surface area contributed by atoms with Crippen LogP contribution in [0.2, 0.25) is 0 Å². The summed E-state index contributed by atoms with van der Waals surface area (Å²) >= 11 is 0. The van der Waals surface area contributed by atoms with Crippen LogP contribution in [0.5, 0.6) is 0 Å². The molecule has 0 bridgehead atoms. The van der Waals surface area contributed by atoms with E-state index in [2.05, 4.69) is 4.90 Å². The van der Waals surface area contributed by atoms with Crippen LogP contribution in [0.3, 0.4) is 0 Å². The number of hydrogen-bond acceptors (Lipinski definition) is 4. The zero-order valence-corrected chi connectivity index (χ0v) is 13.2. The van der Waals surface area contributed by atoms with Crippen LogP contribution in [0.15, 0.2) is 18.2 Å². The van der Waals surface area contributed by atoms with Gasteiger partial charge in [0.05, 0.1) is 18.8 Å². The Kier molecular flexibility index (Phi) is 4.50. The molecule has 5 heteroatoms. The summed E-state index contributed by atoms with van der Waals surface area (Å²) in [4.78, 5) is 2.22. The van der Waals surface area contributed by atoms with Gasteiger partial charge in [-0.25, -0.2) is 4.39 Å². The zero-order chi connectivity index (χ0) is 15.7. The Bertz CT molecular complexity index is 529. The van der Waals surface area contributed by atoms with Crippen LogP contribution in [0, 0.1) is 12.7 Å². The molecule has 1 spiro atoms. The maximum atomic E-state index is 13.2. The summed E-state index contributed by atoms with van der Waals surface area (Å²) in [5.41, 5.74) is 1.58. The molecule has 4 nitrogen and oxygen atoms in total. The van der Waals surface area contributed by atoms with E-state index in [9.17, 15) is 9.50 Å². The summed E-state index contributed by atoms with van der Waals surface area (Å²) in [6, 6.07) is 4.54. The molecule has 1 aromatic carbocycles. The van der Waals surface area contributed by atoms with Crippen LogP contribution >= 0.6 is 0 Å². The van der Waals surface area contributed by atoms with Crippen molar-refractivity contribution in [1.29, 1.82) is 0 Å². The van der Waals surface area contributed by atoms with Crippen molar-refractivity contribution in [2.24, 2.45) is 0 Å². The van der Waals surface area contributed by atoms with E-state index in [-0.39, 0.29) is 11.9 Å². The number of aliphatic hydroxyl groups excluding tert-OH is 1. The topological polar surface area (TPSA) is 41.9 Å². The molecular weight excluding hydrogens is 285 g/mol. The van der Waals surface area contributed by atoms with Crippen LogP contribution in [0.1, 0.15) is 37.0 Å². The fraction of sp³-hybridized carbons (Fsp3) is 0.647. The molecule has 0 saturated carbocycles. The molecule has 2 aliphatic rings. The molecule has 3 rings (SSSR count). The van der Waals surface area contributed by atoms with Gasteiger partial charge in [-0.05, 0) is 37.1 Å². The number of aliphatic hydroxyl groups is 1. The molecule has 0 radical (unpaired) electrons. The minimum absolute atomic E-state index is 0.166. The number of aryl methyl sites for hydroxylation is 1. The summed E-state index contributed by atoms with van der Waals surface area (Å²) in [6.45, 7) is 6.75. The van der Waals surface area contributed by atoms with Crippen LogP contribution in [-0.4, -0.2) is 48.1 Å². The third-order valence-electron chi connectivity index (χ3n) is 4.64. The monoisotopic (exact) mass is 309 g/mol. The molecule has 2 heterocycles. The van der Waals surface area contributed by atoms with E-state index >= 15 is 0 Å². The van der Waals surface area contributed by atoms with Gasteiger partial charge in [0.2, 0.25) is 0 Å². The van der Waals surface area contributed by atoms with Crippen molar-refractivity contribution in [3.8, 4) is 0 Å². The van der Waals surface area contributed by atoms with Crippen molar-refractivity contribution in [1.82, 2.24) is 4.90 Å². The number of ether oxygens (including phenoxy) is 2. The van der Waals surface area contributed by atoms with E-state index in [1.54, 1.807) is 6.07 Å². The first-order chi connectivity index (χ1) is 10.5. The maximum absolute atomic E-state index is 13.2. The van der Waals surface area contributed by atoms with E-state index in [0.717, 1.165) is 37.1 Å². The summed E-state index contributed by atoms with van der Waals surface area (Å²) < 4.78 is 24.9. The van der Waals surface area contributed by atoms with E-state index in [1.165, 1.54) is 12.1 Å². The number of hydrogen-bond donors (Lipinski definition) is 1. The number of β-amino-alcohol motifs (C(OH)–C–C–N with tert-alkyl or cyclic N) is 1. The third kappa shape index (κ3) is 3.33. The molecule has 2 saturated heterocycles. The third-order valence-corrected chi connectivity index (χ3v) is 4.64. The molecule has 2 unspecified atom stereocenters. The van der Waals surface area contributed by atoms with Gasteiger partial charge in [-0.1, -0.05) is 6.07 Å². The lowest BCUT2D eigenvalue weighted by Crippen LogP contribution is -2.46. The summed E-state index contributed by atoms with van der Waals surface area (Å²) in [5.74, 6) is -0.676. The minimum atomic E-state index is -0.598. The molecule has 122 valence electrons. The van der Waals surface area contributed by atoms with Crippen LogP contribution in [-0.2, 0) is 9.47 Å². The second-order valence-corrected chi connectivity index (χ2v) is 6.47. The summed E-state index contributed by atoms with van der Waals surface area (Å²) in [7, 11) is 0. The molecule has 1 aromatic rings. The smallest absolute Gasteiger partial charge is 0.171 e. The first kappa shape index (κ1) is 15.9. The molecule has 0 amide bonds. The van der Waals surface area contributed by atoms with Gasteiger partial charge in [0.25, 0.3) is 0 Å². The van der Waals surface area contributed by atoms with E-state index in [0.29, 0.717) is 13.2 Å². The lowest BCUT2D eigenvalue weighted by atomic mass is 10.00. The second-order valence-electron chi connectivity index (χ2n) is 6.47. The van der Waals surface area contributed by atoms with Crippen molar-refractivity contribution in [2.45, 2.75) is 44.7 Å². The summed E-state index contributed by atoms with van der Waals surface area (Å²) in [5, 5.41) is 10.4. The molecule has 2 fully saturated rings. The van der Waals surface area contributed by atoms with Gasteiger partial charge in [-0.15, -0.1) is 0 Å². The highest BCUT2D eigenvalue weighted by Gasteiger charge is 2.42. The molecular formula is C17H24FNO3. The van der Waals surface area contributed by atoms with E-state index in [4.69, 9.17) is 9.47 Å². The Balaban J connectivity index is 1.56. The highest BCUT2D eigenvalue weighted by molar-refractivity contribution is 5.28. The maximum Gasteiger partial charge on any atom is 0.171 e. The van der Waals surface area contributed by atoms with Crippen LogP contribution in [0.4, 0.5) is 4.39 Å². The quantitative estimate of drug-likeness (QED) is 0.931. The Labute approximate surface area is 130 Å². The number of rotatable bonds is 3. The van der Waals surface area contributed by atoms with E-state index < -0.39 is 11.9 Å². The van der Waals surface area contributed by atoms with Gasteiger partial charge >= 0.3 is 0 Å². The zero-order valence-electron chi connectivity index (χ0n) is 13.2. The first-order valence-electron chi connectivity index (χ1n) is 7.96. The molecule has 22 heavy (non-hydrogen) atoms. The van der Waals surface area contributed by atoms with Crippen molar-refractivity contribution < 1.29 is 19.0 Å². The highest BCUT2D eigenvalue weighted by atomic mass is 19.1. The van der Waals surface area contributed by atoms with Crippen LogP contribution in [0.25, 0.3) is 0 Å². The summed E-state index contributed by atoms with van der Waals surface area (Å²) in [6.07, 6.45) is 1.22. The van der Waals surface area contributed by atoms with Gasteiger partial charge < -0.3 is 19.5 Å². The van der Waals surface area contributed by atoms with Crippen molar-refractivity contribution >= 4 is 0 Å². The number of benzene rings is 1. The number of nitrogens with zero attached hydrogens (tertiary/aromatic N) is 1. The lowest BCUT2D eigenvalue weighted by molar-refractivity contribution is -0.194. The number of halogens is 1. The highest BCUT2D eigenvalue weighted by Crippen LogP contribution is 2.34. The van der Waals surface area contributed by atoms with Gasteiger partial charge in [0.15, 0.2) is 5.79 Å². The predicted molar refractivity (Wildman–Crippen MR) is 81.0 cm³/mol. The molecule has 2 aliphatic heterocycles.